The lowest BCUT2D eigenvalue weighted by Crippen LogP contribution is -2.24. The van der Waals surface area contributed by atoms with Gasteiger partial charge in [-0.1, -0.05) is 0 Å². The highest BCUT2D eigenvalue weighted by Gasteiger charge is 2.31. The summed E-state index contributed by atoms with van der Waals surface area (Å²) in [6.07, 6.45) is 2.72. The van der Waals surface area contributed by atoms with Gasteiger partial charge in [0.2, 0.25) is 0 Å². The van der Waals surface area contributed by atoms with Crippen LogP contribution in [0.5, 0.6) is 0 Å². The summed E-state index contributed by atoms with van der Waals surface area (Å²) in [5.41, 5.74) is 2.12. The molecule has 4 nitrogen and oxygen atoms in total. The maximum absolute atomic E-state index is 11.3. The summed E-state index contributed by atoms with van der Waals surface area (Å²) in [6.45, 7) is 0.902. The van der Waals surface area contributed by atoms with Crippen molar-refractivity contribution in [2.75, 3.05) is 12.0 Å². The first-order valence-corrected chi connectivity index (χ1v) is 8.37. The van der Waals surface area contributed by atoms with Crippen LogP contribution in [0.15, 0.2) is 22.2 Å². The number of thiophene rings is 1. The van der Waals surface area contributed by atoms with Crippen LogP contribution in [-0.4, -0.2) is 24.1 Å². The van der Waals surface area contributed by atoms with Crippen molar-refractivity contribution in [2.24, 2.45) is 0 Å². The third-order valence-corrected chi connectivity index (χ3v) is 4.92. The zero-order valence-electron chi connectivity index (χ0n) is 11.2. The Morgan fingerprint density at radius 3 is 3.00 bits per heavy atom. The van der Waals surface area contributed by atoms with Gasteiger partial charge in [0.25, 0.3) is 0 Å². The first-order chi connectivity index (χ1) is 9.76. The molecule has 0 unspecified atom stereocenters. The average Bonchev–Trinajstić information content (AvgIpc) is 2.97. The highest BCUT2D eigenvalue weighted by Crippen LogP contribution is 2.35. The summed E-state index contributed by atoms with van der Waals surface area (Å²) >= 11 is 3.33. The Morgan fingerprint density at radius 1 is 1.50 bits per heavy atom. The largest absolute Gasteiger partial charge is 0.469 e. The lowest BCUT2D eigenvalue weighted by Gasteiger charge is -2.20. The molecule has 0 bridgehead atoms. The van der Waals surface area contributed by atoms with Gasteiger partial charge in [0.15, 0.2) is 5.13 Å². The van der Waals surface area contributed by atoms with Gasteiger partial charge in [-0.2, -0.15) is 11.3 Å². The van der Waals surface area contributed by atoms with Gasteiger partial charge in [-0.25, -0.2) is 4.98 Å². The molecular formula is C14H16N2O2S2. The first kappa shape index (κ1) is 13.6. The van der Waals surface area contributed by atoms with Crippen LogP contribution in [0.25, 0.3) is 0 Å². The van der Waals surface area contributed by atoms with Crippen LogP contribution in [0.4, 0.5) is 5.13 Å². The quantitative estimate of drug-likeness (QED) is 0.769. The van der Waals surface area contributed by atoms with Gasteiger partial charge in [-0.05, 0) is 35.2 Å². The monoisotopic (exact) mass is 308 g/mol. The number of hydrogen-bond acceptors (Lipinski definition) is 6. The van der Waals surface area contributed by atoms with Gasteiger partial charge in [0, 0.05) is 18.0 Å². The van der Waals surface area contributed by atoms with Crippen molar-refractivity contribution in [3.8, 4) is 0 Å². The lowest BCUT2D eigenvalue weighted by atomic mass is 10.3. The molecule has 0 N–H and O–H groups in total. The van der Waals surface area contributed by atoms with E-state index < -0.39 is 0 Å². The number of esters is 1. The number of anilines is 1. The number of aromatic nitrogens is 1. The molecule has 1 aliphatic carbocycles. The Morgan fingerprint density at radius 2 is 2.35 bits per heavy atom. The molecule has 2 heterocycles. The summed E-state index contributed by atoms with van der Waals surface area (Å²) < 4.78 is 4.68. The highest BCUT2D eigenvalue weighted by molar-refractivity contribution is 7.13. The van der Waals surface area contributed by atoms with E-state index in [4.69, 9.17) is 0 Å². The molecule has 6 heteroatoms. The number of carbonyl (C=O) groups excluding carboxylic acids is 1. The summed E-state index contributed by atoms with van der Waals surface area (Å²) in [4.78, 5) is 18.2. The summed E-state index contributed by atoms with van der Waals surface area (Å²) in [6, 6.07) is 2.76. The molecule has 0 saturated heterocycles. The van der Waals surface area contributed by atoms with E-state index in [0.717, 1.165) is 17.4 Å². The van der Waals surface area contributed by atoms with Crippen LogP contribution >= 0.6 is 22.7 Å². The SMILES string of the molecule is COC(=O)Cc1csc(N(Cc2ccsc2)C2CC2)n1. The van der Waals surface area contributed by atoms with Crippen molar-refractivity contribution < 1.29 is 9.53 Å². The predicted octanol–water partition coefficient (Wildman–Crippen LogP) is 3.09. The molecule has 0 aromatic carbocycles. The molecular weight excluding hydrogens is 292 g/mol. The molecule has 2 aromatic heterocycles. The Balaban J connectivity index is 1.73. The van der Waals surface area contributed by atoms with E-state index >= 15 is 0 Å². The van der Waals surface area contributed by atoms with E-state index in [1.807, 2.05) is 5.38 Å². The van der Waals surface area contributed by atoms with Gasteiger partial charge in [0.1, 0.15) is 0 Å². The van der Waals surface area contributed by atoms with Crippen molar-refractivity contribution in [2.45, 2.75) is 31.8 Å². The lowest BCUT2D eigenvalue weighted by molar-refractivity contribution is -0.139. The minimum atomic E-state index is -0.238. The Kier molecular flexibility index (Phi) is 4.03. The topological polar surface area (TPSA) is 42.4 Å². The summed E-state index contributed by atoms with van der Waals surface area (Å²) in [5, 5.41) is 7.25. The van der Waals surface area contributed by atoms with Gasteiger partial charge < -0.3 is 9.64 Å². The highest BCUT2D eigenvalue weighted by atomic mass is 32.1. The van der Waals surface area contributed by atoms with E-state index in [1.165, 1.54) is 25.5 Å². The summed E-state index contributed by atoms with van der Waals surface area (Å²) in [7, 11) is 1.41. The molecule has 0 amide bonds. The zero-order chi connectivity index (χ0) is 13.9. The molecule has 0 spiro atoms. The van der Waals surface area contributed by atoms with E-state index in [0.29, 0.717) is 6.04 Å². The normalized spacial score (nSPS) is 14.2. The number of rotatable bonds is 6. The Hall–Kier alpha value is -1.40. The number of carbonyl (C=O) groups is 1. The average molecular weight is 308 g/mol. The maximum atomic E-state index is 11.3. The van der Waals surface area contributed by atoms with Crippen LogP contribution < -0.4 is 4.90 Å². The Bertz CT molecular complexity index is 576. The van der Waals surface area contributed by atoms with Gasteiger partial charge >= 0.3 is 5.97 Å². The van der Waals surface area contributed by atoms with Crippen LogP contribution in [-0.2, 0) is 22.5 Å². The smallest absolute Gasteiger partial charge is 0.311 e. The summed E-state index contributed by atoms with van der Waals surface area (Å²) in [5.74, 6) is -0.238. The molecule has 0 radical (unpaired) electrons. The van der Waals surface area contributed by atoms with Gasteiger partial charge in [0.05, 0.1) is 19.2 Å². The van der Waals surface area contributed by atoms with Crippen LogP contribution in [0.1, 0.15) is 24.1 Å². The van der Waals surface area contributed by atoms with Crippen LogP contribution in [0.2, 0.25) is 0 Å². The number of ether oxygens (including phenoxy) is 1. The number of nitrogens with zero attached hydrogens (tertiary/aromatic N) is 2. The molecule has 0 aliphatic heterocycles. The van der Waals surface area contributed by atoms with E-state index in [2.05, 4.69) is 31.4 Å². The molecule has 0 atom stereocenters. The van der Waals surface area contributed by atoms with Crippen molar-refractivity contribution in [1.29, 1.82) is 0 Å². The molecule has 1 aliphatic rings. The molecule has 1 saturated carbocycles. The van der Waals surface area contributed by atoms with E-state index in [1.54, 1.807) is 22.7 Å². The zero-order valence-corrected chi connectivity index (χ0v) is 12.9. The molecule has 106 valence electrons. The molecule has 1 fully saturated rings. The van der Waals surface area contributed by atoms with Crippen LogP contribution in [0.3, 0.4) is 0 Å². The number of methoxy groups -OCH3 is 1. The molecule has 3 rings (SSSR count). The van der Waals surface area contributed by atoms with Crippen LogP contribution in [0, 0.1) is 0 Å². The van der Waals surface area contributed by atoms with Crippen molar-refractivity contribution >= 4 is 33.8 Å². The van der Waals surface area contributed by atoms with Gasteiger partial charge in [-0.15, -0.1) is 11.3 Å². The van der Waals surface area contributed by atoms with Crippen molar-refractivity contribution in [1.82, 2.24) is 4.98 Å². The fourth-order valence-corrected chi connectivity index (χ4v) is 3.60. The van der Waals surface area contributed by atoms with E-state index in [-0.39, 0.29) is 12.4 Å². The molecule has 20 heavy (non-hydrogen) atoms. The second kappa shape index (κ2) is 5.93. The number of thiazole rings is 1. The third-order valence-electron chi connectivity index (χ3n) is 3.26. The van der Waals surface area contributed by atoms with E-state index in [9.17, 15) is 4.79 Å². The minimum absolute atomic E-state index is 0.238. The second-order valence-electron chi connectivity index (χ2n) is 4.87. The molecule has 2 aromatic rings. The number of hydrogen-bond donors (Lipinski definition) is 0. The fourth-order valence-electron chi connectivity index (χ4n) is 2.05. The predicted molar refractivity (Wildman–Crippen MR) is 81.4 cm³/mol. The maximum Gasteiger partial charge on any atom is 0.311 e. The fraction of sp³-hybridized carbons (Fsp3) is 0.429. The van der Waals surface area contributed by atoms with Crippen molar-refractivity contribution in [3.05, 3.63) is 33.5 Å². The third kappa shape index (κ3) is 3.19. The van der Waals surface area contributed by atoms with Crippen molar-refractivity contribution in [3.63, 3.8) is 0 Å². The Labute approximate surface area is 126 Å². The van der Waals surface area contributed by atoms with Gasteiger partial charge in [-0.3, -0.25) is 4.79 Å². The second-order valence-corrected chi connectivity index (χ2v) is 6.48. The minimum Gasteiger partial charge on any atom is -0.469 e. The standard InChI is InChI=1S/C14H16N2O2S2/c1-18-13(17)6-11-9-20-14(15-11)16(12-2-3-12)7-10-4-5-19-8-10/h4-5,8-9,12H,2-3,6-7H2,1H3. The first-order valence-electron chi connectivity index (χ1n) is 6.55.